The van der Waals surface area contributed by atoms with Gasteiger partial charge in [0.1, 0.15) is 11.6 Å². The molecule has 0 aliphatic heterocycles. The standard InChI is InChI=1S/C14H21Cl2N3/c1-3-17-13-10(15)8-11(16)14(19-13)18-12-7-5-4-6-9(12)2/h8-9,12H,3-7H2,1-2H3,(H2,17,18,19). The van der Waals surface area contributed by atoms with Crippen LogP contribution in [-0.2, 0) is 0 Å². The Labute approximate surface area is 125 Å². The van der Waals surface area contributed by atoms with E-state index in [-0.39, 0.29) is 0 Å². The predicted octanol–water partition coefficient (Wildman–Crippen LogP) is 4.81. The number of nitrogens with zero attached hydrogens (tertiary/aromatic N) is 1. The second kappa shape index (κ2) is 6.67. The van der Waals surface area contributed by atoms with Gasteiger partial charge in [-0.3, -0.25) is 0 Å². The van der Waals surface area contributed by atoms with Crippen LogP contribution in [0.1, 0.15) is 39.5 Å². The third-order valence-corrected chi connectivity index (χ3v) is 4.28. The van der Waals surface area contributed by atoms with Gasteiger partial charge in [0, 0.05) is 12.6 Å². The maximum atomic E-state index is 6.23. The van der Waals surface area contributed by atoms with Crippen LogP contribution in [0.25, 0.3) is 0 Å². The fraction of sp³-hybridized carbons (Fsp3) is 0.643. The summed E-state index contributed by atoms with van der Waals surface area (Å²) in [7, 11) is 0. The molecule has 1 aromatic rings. The summed E-state index contributed by atoms with van der Waals surface area (Å²) in [5, 5.41) is 7.78. The molecular formula is C14H21Cl2N3. The monoisotopic (exact) mass is 301 g/mol. The second-order valence-corrected chi connectivity index (χ2v) is 6.01. The van der Waals surface area contributed by atoms with E-state index in [1.54, 1.807) is 6.07 Å². The van der Waals surface area contributed by atoms with Crippen LogP contribution in [0, 0.1) is 5.92 Å². The van der Waals surface area contributed by atoms with E-state index in [9.17, 15) is 0 Å². The summed E-state index contributed by atoms with van der Waals surface area (Å²) < 4.78 is 0. The summed E-state index contributed by atoms with van der Waals surface area (Å²) in [5.74, 6) is 2.09. The van der Waals surface area contributed by atoms with E-state index in [4.69, 9.17) is 23.2 Å². The molecule has 2 unspecified atom stereocenters. The van der Waals surface area contributed by atoms with Gasteiger partial charge >= 0.3 is 0 Å². The first-order valence-electron chi connectivity index (χ1n) is 6.98. The van der Waals surface area contributed by atoms with E-state index in [0.29, 0.717) is 27.8 Å². The molecule has 0 radical (unpaired) electrons. The van der Waals surface area contributed by atoms with Crippen molar-refractivity contribution in [1.29, 1.82) is 0 Å². The molecule has 0 saturated heterocycles. The quantitative estimate of drug-likeness (QED) is 0.838. The lowest BCUT2D eigenvalue weighted by atomic mass is 9.86. The lowest BCUT2D eigenvalue weighted by molar-refractivity contribution is 0.349. The first-order chi connectivity index (χ1) is 9.11. The topological polar surface area (TPSA) is 37.0 Å². The summed E-state index contributed by atoms with van der Waals surface area (Å²) in [4.78, 5) is 4.50. The molecule has 1 aliphatic rings. The minimum absolute atomic E-state index is 0.453. The molecule has 1 aliphatic carbocycles. The van der Waals surface area contributed by atoms with Crippen molar-refractivity contribution in [2.45, 2.75) is 45.6 Å². The van der Waals surface area contributed by atoms with Crippen LogP contribution in [0.5, 0.6) is 0 Å². The number of halogens is 2. The Hall–Kier alpha value is -0.670. The smallest absolute Gasteiger partial charge is 0.147 e. The van der Waals surface area contributed by atoms with Crippen LogP contribution >= 0.6 is 23.2 Å². The minimum atomic E-state index is 0.453. The number of pyridine rings is 1. The molecule has 2 atom stereocenters. The molecule has 1 aromatic heterocycles. The van der Waals surface area contributed by atoms with Crippen molar-refractivity contribution < 1.29 is 0 Å². The van der Waals surface area contributed by atoms with E-state index >= 15 is 0 Å². The van der Waals surface area contributed by atoms with Gasteiger partial charge < -0.3 is 10.6 Å². The van der Waals surface area contributed by atoms with Crippen molar-refractivity contribution in [3.8, 4) is 0 Å². The van der Waals surface area contributed by atoms with Gasteiger partial charge in [-0.1, -0.05) is 43.0 Å². The summed E-state index contributed by atoms with van der Waals surface area (Å²) in [6.07, 6.45) is 5.04. The highest BCUT2D eigenvalue weighted by atomic mass is 35.5. The Kier molecular flexibility index (Phi) is 5.17. The zero-order valence-electron chi connectivity index (χ0n) is 11.5. The van der Waals surface area contributed by atoms with Gasteiger partial charge in [0.2, 0.25) is 0 Å². The van der Waals surface area contributed by atoms with E-state index in [0.717, 1.165) is 12.4 Å². The number of hydrogen-bond acceptors (Lipinski definition) is 3. The lowest BCUT2D eigenvalue weighted by Crippen LogP contribution is -2.30. The largest absolute Gasteiger partial charge is 0.369 e. The number of hydrogen-bond donors (Lipinski definition) is 2. The predicted molar refractivity (Wildman–Crippen MR) is 83.5 cm³/mol. The van der Waals surface area contributed by atoms with Crippen LogP contribution in [0.3, 0.4) is 0 Å². The zero-order chi connectivity index (χ0) is 13.8. The molecule has 19 heavy (non-hydrogen) atoms. The van der Waals surface area contributed by atoms with Gasteiger partial charge in [-0.2, -0.15) is 0 Å². The Bertz CT molecular complexity index is 437. The van der Waals surface area contributed by atoms with Crippen molar-refractivity contribution >= 4 is 34.8 Å². The molecule has 2 rings (SSSR count). The highest BCUT2D eigenvalue weighted by Gasteiger charge is 2.22. The normalized spacial score (nSPS) is 23.2. The molecule has 3 nitrogen and oxygen atoms in total. The van der Waals surface area contributed by atoms with Crippen molar-refractivity contribution in [1.82, 2.24) is 4.98 Å². The van der Waals surface area contributed by atoms with Gasteiger partial charge in [0.05, 0.1) is 10.0 Å². The van der Waals surface area contributed by atoms with E-state index < -0.39 is 0 Å². The molecule has 2 N–H and O–H groups in total. The maximum absolute atomic E-state index is 6.23. The van der Waals surface area contributed by atoms with Crippen LogP contribution in [-0.4, -0.2) is 17.6 Å². The summed E-state index contributed by atoms with van der Waals surface area (Å²) in [6.45, 7) is 5.09. The van der Waals surface area contributed by atoms with E-state index in [1.807, 2.05) is 6.92 Å². The summed E-state index contributed by atoms with van der Waals surface area (Å²) >= 11 is 12.3. The second-order valence-electron chi connectivity index (χ2n) is 5.19. The average molecular weight is 302 g/mol. The lowest BCUT2D eigenvalue weighted by Gasteiger charge is -2.30. The SMILES string of the molecule is CCNc1nc(NC2CCCCC2C)c(Cl)cc1Cl. The van der Waals surface area contributed by atoms with Gasteiger partial charge in [-0.15, -0.1) is 0 Å². The average Bonchev–Trinajstić information content (AvgIpc) is 2.38. The Morgan fingerprint density at radius 3 is 2.58 bits per heavy atom. The van der Waals surface area contributed by atoms with Gasteiger partial charge in [-0.25, -0.2) is 4.98 Å². The van der Waals surface area contributed by atoms with Gasteiger partial charge in [-0.05, 0) is 31.7 Å². The number of aromatic nitrogens is 1. The van der Waals surface area contributed by atoms with Gasteiger partial charge in [0.15, 0.2) is 0 Å². The number of nitrogens with one attached hydrogen (secondary N) is 2. The van der Waals surface area contributed by atoms with Crippen LogP contribution in [0.15, 0.2) is 6.07 Å². The first kappa shape index (κ1) is 14.7. The molecule has 106 valence electrons. The molecule has 1 heterocycles. The maximum Gasteiger partial charge on any atom is 0.147 e. The Balaban J connectivity index is 2.16. The van der Waals surface area contributed by atoms with E-state index in [1.165, 1.54) is 25.7 Å². The zero-order valence-corrected chi connectivity index (χ0v) is 13.0. The molecule has 0 spiro atoms. The molecular weight excluding hydrogens is 281 g/mol. The highest BCUT2D eigenvalue weighted by Crippen LogP contribution is 2.32. The molecule has 0 amide bonds. The number of anilines is 2. The fourth-order valence-corrected chi connectivity index (χ4v) is 3.05. The fourth-order valence-electron chi connectivity index (χ4n) is 2.57. The van der Waals surface area contributed by atoms with Crippen molar-refractivity contribution in [2.24, 2.45) is 5.92 Å². The third kappa shape index (κ3) is 3.67. The Morgan fingerprint density at radius 1 is 1.21 bits per heavy atom. The van der Waals surface area contributed by atoms with Gasteiger partial charge in [0.25, 0.3) is 0 Å². The third-order valence-electron chi connectivity index (χ3n) is 3.71. The van der Waals surface area contributed by atoms with Crippen LogP contribution < -0.4 is 10.6 Å². The molecule has 1 saturated carbocycles. The molecule has 1 fully saturated rings. The Morgan fingerprint density at radius 2 is 1.89 bits per heavy atom. The first-order valence-corrected chi connectivity index (χ1v) is 7.73. The molecule has 5 heteroatoms. The van der Waals surface area contributed by atoms with E-state index in [2.05, 4.69) is 22.5 Å². The van der Waals surface area contributed by atoms with Crippen molar-refractivity contribution in [3.63, 3.8) is 0 Å². The van der Waals surface area contributed by atoms with Crippen LogP contribution in [0.2, 0.25) is 10.0 Å². The molecule has 0 aromatic carbocycles. The molecule has 0 bridgehead atoms. The van der Waals surface area contributed by atoms with Crippen molar-refractivity contribution in [2.75, 3.05) is 17.2 Å². The number of rotatable bonds is 4. The van der Waals surface area contributed by atoms with Crippen molar-refractivity contribution in [3.05, 3.63) is 16.1 Å². The van der Waals surface area contributed by atoms with Crippen LogP contribution in [0.4, 0.5) is 11.6 Å². The summed E-state index contributed by atoms with van der Waals surface area (Å²) in [6, 6.07) is 2.21. The minimum Gasteiger partial charge on any atom is -0.369 e. The summed E-state index contributed by atoms with van der Waals surface area (Å²) in [5.41, 5.74) is 0. The highest BCUT2D eigenvalue weighted by molar-refractivity contribution is 6.37.